The van der Waals surface area contributed by atoms with Crippen molar-refractivity contribution in [2.24, 2.45) is 11.7 Å². The first-order valence-electron chi connectivity index (χ1n) is 5.68. The van der Waals surface area contributed by atoms with E-state index in [0.717, 1.165) is 13.0 Å². The van der Waals surface area contributed by atoms with Crippen LogP contribution in [0.15, 0.2) is 16.7 Å². The smallest absolute Gasteiger partial charge is 0.257 e. The fourth-order valence-electron chi connectivity index (χ4n) is 2.36. The molecule has 0 spiro atoms. The van der Waals surface area contributed by atoms with E-state index in [1.165, 1.54) is 0 Å². The molecule has 1 aromatic rings. The molecule has 4 heteroatoms. The highest BCUT2D eigenvalue weighted by molar-refractivity contribution is 5.95. The van der Waals surface area contributed by atoms with Crippen molar-refractivity contribution in [1.29, 1.82) is 0 Å². The fraction of sp³-hybridized carbons (Fsp3) is 0.583. The van der Waals surface area contributed by atoms with Gasteiger partial charge in [-0.05, 0) is 38.8 Å². The number of hydrogen-bond donors (Lipinski definition) is 1. The van der Waals surface area contributed by atoms with Gasteiger partial charge in [0.1, 0.15) is 5.76 Å². The van der Waals surface area contributed by atoms with Crippen molar-refractivity contribution in [3.63, 3.8) is 0 Å². The number of carbonyl (C=O) groups is 1. The number of hydrogen-bond acceptors (Lipinski definition) is 3. The molecule has 4 nitrogen and oxygen atoms in total. The number of nitrogens with zero attached hydrogens (tertiary/aromatic N) is 1. The highest BCUT2D eigenvalue weighted by Crippen LogP contribution is 2.25. The van der Waals surface area contributed by atoms with Crippen LogP contribution in [0.5, 0.6) is 0 Å². The lowest BCUT2D eigenvalue weighted by molar-refractivity contribution is 0.0741. The maximum atomic E-state index is 12.2. The molecule has 1 aliphatic rings. The molecule has 1 aromatic heterocycles. The second kappa shape index (κ2) is 4.29. The quantitative estimate of drug-likeness (QED) is 0.822. The van der Waals surface area contributed by atoms with Crippen LogP contribution in [-0.4, -0.2) is 29.9 Å². The average Bonchev–Trinajstić information content (AvgIpc) is 2.83. The molecule has 88 valence electrons. The fourth-order valence-corrected chi connectivity index (χ4v) is 2.36. The van der Waals surface area contributed by atoms with Crippen molar-refractivity contribution in [2.75, 3.05) is 13.1 Å². The van der Waals surface area contributed by atoms with Gasteiger partial charge < -0.3 is 15.1 Å². The van der Waals surface area contributed by atoms with Crippen LogP contribution in [0, 0.1) is 12.8 Å². The number of furan rings is 1. The lowest BCUT2D eigenvalue weighted by Gasteiger charge is -2.21. The number of carbonyl (C=O) groups excluding carboxylic acids is 1. The predicted molar refractivity (Wildman–Crippen MR) is 61.1 cm³/mol. The Bertz CT molecular complexity index is 386. The summed E-state index contributed by atoms with van der Waals surface area (Å²) in [6.45, 7) is 5.30. The zero-order valence-electron chi connectivity index (χ0n) is 9.77. The summed E-state index contributed by atoms with van der Waals surface area (Å²) in [6.07, 6.45) is 2.56. The molecule has 1 amide bonds. The molecule has 16 heavy (non-hydrogen) atoms. The molecule has 0 saturated carbocycles. The molecular weight excluding hydrogens is 204 g/mol. The van der Waals surface area contributed by atoms with Crippen molar-refractivity contribution in [3.8, 4) is 0 Å². The monoisotopic (exact) mass is 222 g/mol. The SMILES string of the molecule is Cc1occc1C(=O)N1CC(CN)CC1C. The van der Waals surface area contributed by atoms with Gasteiger partial charge in [0, 0.05) is 12.6 Å². The van der Waals surface area contributed by atoms with E-state index < -0.39 is 0 Å². The van der Waals surface area contributed by atoms with Crippen LogP contribution >= 0.6 is 0 Å². The second-order valence-corrected chi connectivity index (χ2v) is 4.53. The first kappa shape index (κ1) is 11.2. The first-order chi connectivity index (χ1) is 7.63. The molecule has 2 N–H and O–H groups in total. The number of nitrogens with two attached hydrogens (primary N) is 1. The van der Waals surface area contributed by atoms with Gasteiger partial charge in [0.05, 0.1) is 11.8 Å². The summed E-state index contributed by atoms with van der Waals surface area (Å²) >= 11 is 0. The normalized spacial score (nSPS) is 25.1. The van der Waals surface area contributed by atoms with Gasteiger partial charge in [-0.15, -0.1) is 0 Å². The standard InChI is InChI=1S/C12H18N2O2/c1-8-5-10(6-13)7-14(8)12(15)11-3-4-16-9(11)2/h3-4,8,10H,5-7,13H2,1-2H3. The third-order valence-electron chi connectivity index (χ3n) is 3.34. The van der Waals surface area contributed by atoms with Gasteiger partial charge in [0.25, 0.3) is 5.91 Å². The largest absolute Gasteiger partial charge is 0.469 e. The Morgan fingerprint density at radius 1 is 1.69 bits per heavy atom. The summed E-state index contributed by atoms with van der Waals surface area (Å²) in [5.41, 5.74) is 6.32. The van der Waals surface area contributed by atoms with E-state index in [1.54, 1.807) is 12.3 Å². The molecule has 2 rings (SSSR count). The van der Waals surface area contributed by atoms with Gasteiger partial charge in [-0.1, -0.05) is 0 Å². The molecular formula is C12H18N2O2. The lowest BCUT2D eigenvalue weighted by atomic mass is 10.1. The number of amides is 1. The zero-order valence-corrected chi connectivity index (χ0v) is 9.77. The van der Waals surface area contributed by atoms with Gasteiger partial charge in [0.2, 0.25) is 0 Å². The zero-order chi connectivity index (χ0) is 11.7. The van der Waals surface area contributed by atoms with Crippen LogP contribution in [-0.2, 0) is 0 Å². The second-order valence-electron chi connectivity index (χ2n) is 4.53. The minimum absolute atomic E-state index is 0.0645. The number of rotatable bonds is 2. The van der Waals surface area contributed by atoms with Gasteiger partial charge in [-0.25, -0.2) is 0 Å². The van der Waals surface area contributed by atoms with Crippen molar-refractivity contribution >= 4 is 5.91 Å². The highest BCUT2D eigenvalue weighted by atomic mass is 16.3. The van der Waals surface area contributed by atoms with Crippen LogP contribution in [0.1, 0.15) is 29.5 Å². The van der Waals surface area contributed by atoms with Crippen molar-refractivity contribution in [2.45, 2.75) is 26.3 Å². The maximum Gasteiger partial charge on any atom is 0.257 e. The molecule has 1 fully saturated rings. The lowest BCUT2D eigenvalue weighted by Crippen LogP contribution is -2.34. The summed E-state index contributed by atoms with van der Waals surface area (Å²) in [5.74, 6) is 1.19. The highest BCUT2D eigenvalue weighted by Gasteiger charge is 2.32. The van der Waals surface area contributed by atoms with E-state index in [-0.39, 0.29) is 11.9 Å². The Labute approximate surface area is 95.4 Å². The Hall–Kier alpha value is -1.29. The van der Waals surface area contributed by atoms with Crippen LogP contribution in [0.4, 0.5) is 0 Å². The van der Waals surface area contributed by atoms with Gasteiger partial charge in [-0.3, -0.25) is 4.79 Å². The van der Waals surface area contributed by atoms with E-state index in [4.69, 9.17) is 10.2 Å². The van der Waals surface area contributed by atoms with Crippen LogP contribution in [0.2, 0.25) is 0 Å². The number of likely N-dealkylation sites (tertiary alicyclic amines) is 1. The van der Waals surface area contributed by atoms with Crippen molar-refractivity contribution < 1.29 is 9.21 Å². The minimum atomic E-state index is 0.0645. The average molecular weight is 222 g/mol. The van der Waals surface area contributed by atoms with E-state index in [2.05, 4.69) is 6.92 Å². The van der Waals surface area contributed by atoms with Gasteiger partial charge >= 0.3 is 0 Å². The summed E-state index contributed by atoms with van der Waals surface area (Å²) in [5, 5.41) is 0. The Kier molecular flexibility index (Phi) is 3.01. The molecule has 0 aliphatic carbocycles. The molecule has 0 aromatic carbocycles. The first-order valence-corrected chi connectivity index (χ1v) is 5.68. The molecule has 1 aliphatic heterocycles. The summed E-state index contributed by atoms with van der Waals surface area (Å²) in [6, 6.07) is 2.01. The summed E-state index contributed by atoms with van der Waals surface area (Å²) in [4.78, 5) is 14.1. The van der Waals surface area contributed by atoms with Crippen LogP contribution in [0.25, 0.3) is 0 Å². The molecule has 2 atom stereocenters. The summed E-state index contributed by atoms with van der Waals surface area (Å²) < 4.78 is 5.16. The van der Waals surface area contributed by atoms with Gasteiger partial charge in [0.15, 0.2) is 0 Å². The Morgan fingerprint density at radius 3 is 2.94 bits per heavy atom. The minimum Gasteiger partial charge on any atom is -0.469 e. The molecule has 1 saturated heterocycles. The van der Waals surface area contributed by atoms with Gasteiger partial charge in [-0.2, -0.15) is 0 Å². The molecule has 0 radical (unpaired) electrons. The Balaban J connectivity index is 2.14. The van der Waals surface area contributed by atoms with E-state index in [1.807, 2.05) is 11.8 Å². The maximum absolute atomic E-state index is 12.2. The van der Waals surface area contributed by atoms with Crippen molar-refractivity contribution in [3.05, 3.63) is 23.7 Å². The van der Waals surface area contributed by atoms with Crippen LogP contribution < -0.4 is 5.73 Å². The number of aryl methyl sites for hydroxylation is 1. The molecule has 2 unspecified atom stereocenters. The predicted octanol–water partition coefficient (Wildman–Crippen LogP) is 1.40. The third-order valence-corrected chi connectivity index (χ3v) is 3.34. The molecule has 0 bridgehead atoms. The van der Waals surface area contributed by atoms with E-state index in [9.17, 15) is 4.79 Å². The third kappa shape index (κ3) is 1.85. The van der Waals surface area contributed by atoms with E-state index >= 15 is 0 Å². The molecule has 2 heterocycles. The Morgan fingerprint density at radius 2 is 2.44 bits per heavy atom. The van der Waals surface area contributed by atoms with Crippen LogP contribution in [0.3, 0.4) is 0 Å². The van der Waals surface area contributed by atoms with Crippen molar-refractivity contribution in [1.82, 2.24) is 4.90 Å². The summed E-state index contributed by atoms with van der Waals surface area (Å²) in [7, 11) is 0. The topological polar surface area (TPSA) is 59.5 Å². The van der Waals surface area contributed by atoms with E-state index in [0.29, 0.717) is 23.8 Å².